The second kappa shape index (κ2) is 8.81. The van der Waals surface area contributed by atoms with Gasteiger partial charge in [-0.1, -0.05) is 24.2 Å². The molecule has 0 fully saturated rings. The van der Waals surface area contributed by atoms with Crippen LogP contribution in [0.4, 0.5) is 0 Å². The lowest BCUT2D eigenvalue weighted by atomic mass is 10.2. The Labute approximate surface area is 212 Å². The zero-order chi connectivity index (χ0) is 25.7. The average molecular weight is 520 g/mol. The van der Waals surface area contributed by atoms with Crippen molar-refractivity contribution in [3.63, 3.8) is 0 Å². The van der Waals surface area contributed by atoms with Crippen molar-refractivity contribution in [3.8, 4) is 11.5 Å². The van der Waals surface area contributed by atoms with Gasteiger partial charge in [0.15, 0.2) is 5.58 Å². The maximum Gasteiger partial charge on any atom is 0.343 e. The maximum atomic E-state index is 13.9. The number of fused-ring (bicyclic) bond motifs is 3. The van der Waals surface area contributed by atoms with Crippen molar-refractivity contribution in [2.75, 3.05) is 13.2 Å². The van der Waals surface area contributed by atoms with Gasteiger partial charge in [0.05, 0.1) is 41.4 Å². The Balaban J connectivity index is 1.55. The summed E-state index contributed by atoms with van der Waals surface area (Å²) in [5, 5.41) is 4.73. The molecule has 10 heteroatoms. The van der Waals surface area contributed by atoms with E-state index in [1.807, 2.05) is 31.2 Å². The van der Waals surface area contributed by atoms with Crippen LogP contribution in [0.1, 0.15) is 30.2 Å². The van der Waals surface area contributed by atoms with Crippen LogP contribution in [0.25, 0.3) is 22.0 Å². The lowest BCUT2D eigenvalue weighted by molar-refractivity contribution is 0.317. The van der Waals surface area contributed by atoms with Gasteiger partial charge in [-0.3, -0.25) is 4.57 Å². The van der Waals surface area contributed by atoms with E-state index in [4.69, 9.17) is 14.0 Å². The summed E-state index contributed by atoms with van der Waals surface area (Å²) in [6.45, 7) is 5.07. The lowest BCUT2D eigenvalue weighted by Gasteiger charge is -2.08. The summed E-state index contributed by atoms with van der Waals surface area (Å²) in [5.74, 6) is 1.36. The quantitative estimate of drug-likeness (QED) is 0.316. The number of benzene rings is 3. The Bertz CT molecular complexity index is 1830. The van der Waals surface area contributed by atoms with Crippen LogP contribution in [0.3, 0.4) is 0 Å². The monoisotopic (exact) mass is 519 g/mol. The Kier molecular flexibility index (Phi) is 5.56. The highest BCUT2D eigenvalue weighted by molar-refractivity contribution is 7.90. The minimum Gasteiger partial charge on any atom is -0.494 e. The van der Waals surface area contributed by atoms with Crippen LogP contribution in [-0.2, 0) is 23.0 Å². The molecular weight excluding hydrogens is 494 g/mol. The molecule has 0 spiro atoms. The van der Waals surface area contributed by atoms with Crippen molar-refractivity contribution in [2.24, 2.45) is 0 Å². The molecule has 1 aliphatic rings. The first-order valence-electron chi connectivity index (χ1n) is 12.1. The van der Waals surface area contributed by atoms with E-state index in [9.17, 15) is 13.2 Å². The number of aromatic nitrogens is 3. The van der Waals surface area contributed by atoms with Crippen LogP contribution >= 0.6 is 0 Å². The van der Waals surface area contributed by atoms with Gasteiger partial charge in [0, 0.05) is 17.9 Å². The van der Waals surface area contributed by atoms with Gasteiger partial charge in [0.1, 0.15) is 11.5 Å². The third kappa shape index (κ3) is 3.88. The molecule has 0 bridgehead atoms. The number of nitrogens with zero attached hydrogens (tertiary/aromatic N) is 3. The minimum absolute atomic E-state index is 0.0294. The van der Waals surface area contributed by atoms with E-state index in [0.29, 0.717) is 53.3 Å². The summed E-state index contributed by atoms with van der Waals surface area (Å²) in [4.78, 5) is 13.9. The smallest absolute Gasteiger partial charge is 0.343 e. The standard InChI is InChI=1S/C27H25N3O6S/c1-3-10-34-20-6-4-5-18(12-20)16-29-23-14-22-17(2)28-36-26(22)15-24(23)30(27(29)31)37(32,33)21-7-8-25-19(13-21)9-11-35-25/h4-8,12-15H,3,9-11,16H2,1-2H3. The summed E-state index contributed by atoms with van der Waals surface area (Å²) in [7, 11) is -4.23. The highest BCUT2D eigenvalue weighted by Crippen LogP contribution is 2.31. The molecule has 190 valence electrons. The molecule has 6 rings (SSSR count). The molecule has 0 atom stereocenters. The SMILES string of the molecule is CCCOc1cccc(Cn2c(=O)n(S(=O)(=O)c3ccc4c(c3)CCO4)c3cc4onc(C)c4cc32)c1. The van der Waals surface area contributed by atoms with E-state index in [1.165, 1.54) is 10.6 Å². The highest BCUT2D eigenvalue weighted by Gasteiger charge is 2.28. The van der Waals surface area contributed by atoms with Crippen molar-refractivity contribution in [1.29, 1.82) is 0 Å². The molecule has 2 aromatic heterocycles. The van der Waals surface area contributed by atoms with Crippen LogP contribution in [-0.4, -0.2) is 35.3 Å². The highest BCUT2D eigenvalue weighted by atomic mass is 32.2. The first-order chi connectivity index (χ1) is 17.9. The fourth-order valence-electron chi connectivity index (χ4n) is 4.73. The summed E-state index contributed by atoms with van der Waals surface area (Å²) in [6, 6.07) is 15.5. The molecule has 0 aliphatic carbocycles. The second-order valence-electron chi connectivity index (χ2n) is 9.11. The fraction of sp³-hybridized carbons (Fsp3) is 0.259. The van der Waals surface area contributed by atoms with Crippen molar-refractivity contribution >= 4 is 32.0 Å². The summed E-state index contributed by atoms with van der Waals surface area (Å²) < 4.78 is 46.8. The molecule has 0 saturated heterocycles. The Morgan fingerprint density at radius 3 is 2.78 bits per heavy atom. The molecular formula is C27H25N3O6S. The summed E-state index contributed by atoms with van der Waals surface area (Å²) >= 11 is 0. The zero-order valence-electron chi connectivity index (χ0n) is 20.4. The molecule has 0 radical (unpaired) electrons. The van der Waals surface area contributed by atoms with Gasteiger partial charge in [-0.15, -0.1) is 0 Å². The number of ether oxygens (including phenoxy) is 2. The normalized spacial score (nSPS) is 13.2. The van der Waals surface area contributed by atoms with E-state index in [1.54, 1.807) is 31.2 Å². The topological polar surface area (TPSA) is 106 Å². The lowest BCUT2D eigenvalue weighted by Crippen LogP contribution is -2.30. The third-order valence-corrected chi connectivity index (χ3v) is 8.26. The predicted octanol–water partition coefficient (Wildman–Crippen LogP) is 4.26. The predicted molar refractivity (Wildman–Crippen MR) is 138 cm³/mol. The van der Waals surface area contributed by atoms with Gasteiger partial charge in [-0.05, 0) is 60.9 Å². The van der Waals surface area contributed by atoms with Gasteiger partial charge in [-0.2, -0.15) is 3.97 Å². The maximum absolute atomic E-state index is 13.9. The van der Waals surface area contributed by atoms with Crippen LogP contribution < -0.4 is 15.2 Å². The molecule has 0 saturated carbocycles. The molecule has 3 heterocycles. The van der Waals surface area contributed by atoms with Gasteiger partial charge < -0.3 is 14.0 Å². The van der Waals surface area contributed by atoms with E-state index < -0.39 is 15.7 Å². The van der Waals surface area contributed by atoms with Crippen molar-refractivity contribution in [1.82, 2.24) is 13.7 Å². The molecule has 0 N–H and O–H groups in total. The number of hydrogen-bond acceptors (Lipinski definition) is 7. The second-order valence-corrected chi connectivity index (χ2v) is 10.9. The van der Waals surface area contributed by atoms with E-state index in [-0.39, 0.29) is 17.0 Å². The fourth-order valence-corrected chi connectivity index (χ4v) is 6.18. The summed E-state index contributed by atoms with van der Waals surface area (Å²) in [5.41, 5.74) is 2.70. The van der Waals surface area contributed by atoms with E-state index >= 15 is 0 Å². The van der Waals surface area contributed by atoms with Crippen molar-refractivity contribution in [3.05, 3.63) is 81.9 Å². The van der Waals surface area contributed by atoms with Crippen LogP contribution in [0.2, 0.25) is 0 Å². The summed E-state index contributed by atoms with van der Waals surface area (Å²) in [6.07, 6.45) is 1.49. The Morgan fingerprint density at radius 1 is 1.08 bits per heavy atom. The van der Waals surface area contributed by atoms with Crippen molar-refractivity contribution < 1.29 is 22.4 Å². The Hall–Kier alpha value is -4.05. The van der Waals surface area contributed by atoms with E-state index in [0.717, 1.165) is 21.5 Å². The van der Waals surface area contributed by atoms with E-state index in [2.05, 4.69) is 5.16 Å². The molecule has 37 heavy (non-hydrogen) atoms. The van der Waals surface area contributed by atoms with Crippen LogP contribution in [0.5, 0.6) is 11.5 Å². The average Bonchev–Trinajstić information content (AvgIpc) is 3.58. The van der Waals surface area contributed by atoms with Gasteiger partial charge in [0.25, 0.3) is 10.0 Å². The molecule has 9 nitrogen and oxygen atoms in total. The van der Waals surface area contributed by atoms with Gasteiger partial charge in [-0.25, -0.2) is 13.2 Å². The first kappa shape index (κ1) is 23.4. The largest absolute Gasteiger partial charge is 0.494 e. The van der Waals surface area contributed by atoms with Crippen LogP contribution in [0, 0.1) is 6.92 Å². The molecule has 0 amide bonds. The molecule has 0 unspecified atom stereocenters. The van der Waals surface area contributed by atoms with Crippen LogP contribution in [0.15, 0.2) is 68.8 Å². The molecule has 5 aromatic rings. The Morgan fingerprint density at radius 2 is 1.95 bits per heavy atom. The molecule has 3 aromatic carbocycles. The number of imidazole rings is 1. The first-order valence-corrected chi connectivity index (χ1v) is 13.5. The minimum atomic E-state index is -4.23. The van der Waals surface area contributed by atoms with Crippen molar-refractivity contribution in [2.45, 2.75) is 38.1 Å². The zero-order valence-corrected chi connectivity index (χ0v) is 21.2. The molecule has 1 aliphatic heterocycles. The number of rotatable bonds is 7. The van der Waals surface area contributed by atoms with Gasteiger partial charge in [0.2, 0.25) is 0 Å². The number of hydrogen-bond donors (Lipinski definition) is 0. The van der Waals surface area contributed by atoms with Gasteiger partial charge >= 0.3 is 5.69 Å². The third-order valence-electron chi connectivity index (χ3n) is 6.57. The number of aryl methyl sites for hydroxylation is 1.